The SMILES string of the molecule is CC(C)(C)c1nnc(NC(=O)Cc2cccc(F)c2)o1. The standard InChI is InChI=1S/C14H16FN3O2/c1-14(2,3)12-17-18-13(20-12)16-11(19)8-9-5-4-6-10(15)7-9/h4-7H,8H2,1-3H3,(H,16,18,19). The van der Waals surface area contributed by atoms with Gasteiger partial charge in [0, 0.05) is 5.41 Å². The van der Waals surface area contributed by atoms with Crippen LogP contribution in [-0.2, 0) is 16.6 Å². The van der Waals surface area contributed by atoms with Gasteiger partial charge in [-0.25, -0.2) is 4.39 Å². The molecule has 0 aliphatic carbocycles. The van der Waals surface area contributed by atoms with Gasteiger partial charge < -0.3 is 4.42 Å². The number of hydrogen-bond acceptors (Lipinski definition) is 4. The number of anilines is 1. The normalized spacial score (nSPS) is 11.4. The highest BCUT2D eigenvalue weighted by molar-refractivity contribution is 5.90. The molecule has 2 aromatic rings. The average molecular weight is 277 g/mol. The van der Waals surface area contributed by atoms with Gasteiger partial charge in [-0.2, -0.15) is 0 Å². The predicted molar refractivity (Wildman–Crippen MR) is 71.7 cm³/mol. The summed E-state index contributed by atoms with van der Waals surface area (Å²) in [6, 6.07) is 5.93. The first-order valence-electron chi connectivity index (χ1n) is 6.23. The predicted octanol–water partition coefficient (Wildman–Crippen LogP) is 2.69. The van der Waals surface area contributed by atoms with Gasteiger partial charge in [0.1, 0.15) is 5.82 Å². The van der Waals surface area contributed by atoms with Gasteiger partial charge >= 0.3 is 6.01 Å². The summed E-state index contributed by atoms with van der Waals surface area (Å²) in [5.74, 6) is -0.263. The van der Waals surface area contributed by atoms with E-state index < -0.39 is 0 Å². The number of nitrogens with zero attached hydrogens (tertiary/aromatic N) is 2. The molecule has 2 rings (SSSR count). The highest BCUT2D eigenvalue weighted by Crippen LogP contribution is 2.21. The Bertz CT molecular complexity index is 617. The van der Waals surface area contributed by atoms with Gasteiger partial charge in [0.05, 0.1) is 6.42 Å². The summed E-state index contributed by atoms with van der Waals surface area (Å²) in [6.45, 7) is 5.79. The summed E-state index contributed by atoms with van der Waals surface area (Å²) < 4.78 is 18.4. The Kier molecular flexibility index (Phi) is 3.83. The molecule has 0 saturated carbocycles. The third kappa shape index (κ3) is 3.63. The Morgan fingerprint density at radius 1 is 1.35 bits per heavy atom. The van der Waals surface area contributed by atoms with Crippen LogP contribution in [0.25, 0.3) is 0 Å². The van der Waals surface area contributed by atoms with Crippen molar-refractivity contribution in [1.82, 2.24) is 10.2 Å². The third-order valence-corrected chi connectivity index (χ3v) is 2.57. The summed E-state index contributed by atoms with van der Waals surface area (Å²) in [4.78, 5) is 11.8. The van der Waals surface area contributed by atoms with Crippen molar-refractivity contribution in [2.45, 2.75) is 32.6 Å². The molecule has 0 saturated heterocycles. The molecule has 0 fully saturated rings. The number of halogens is 1. The Labute approximate surface area is 116 Å². The van der Waals surface area contributed by atoms with Crippen molar-refractivity contribution in [3.63, 3.8) is 0 Å². The number of carbonyl (C=O) groups is 1. The van der Waals surface area contributed by atoms with Gasteiger partial charge in [-0.3, -0.25) is 10.1 Å². The molecular weight excluding hydrogens is 261 g/mol. The smallest absolute Gasteiger partial charge is 0.322 e. The minimum atomic E-state index is -0.372. The van der Waals surface area contributed by atoms with Crippen molar-refractivity contribution in [3.8, 4) is 0 Å². The lowest BCUT2D eigenvalue weighted by atomic mass is 9.97. The lowest BCUT2D eigenvalue weighted by molar-refractivity contribution is -0.115. The molecule has 0 aliphatic rings. The van der Waals surface area contributed by atoms with Crippen LogP contribution in [0.3, 0.4) is 0 Å². The molecule has 5 nitrogen and oxygen atoms in total. The molecule has 106 valence electrons. The molecule has 0 bridgehead atoms. The summed E-state index contributed by atoms with van der Waals surface area (Å²) in [5.41, 5.74) is 0.302. The van der Waals surface area contributed by atoms with E-state index in [-0.39, 0.29) is 29.6 Å². The van der Waals surface area contributed by atoms with Crippen molar-refractivity contribution in [1.29, 1.82) is 0 Å². The second-order valence-corrected chi connectivity index (χ2v) is 5.52. The van der Waals surface area contributed by atoms with E-state index in [9.17, 15) is 9.18 Å². The van der Waals surface area contributed by atoms with Crippen molar-refractivity contribution < 1.29 is 13.6 Å². The van der Waals surface area contributed by atoms with Gasteiger partial charge in [-0.1, -0.05) is 38.0 Å². The highest BCUT2D eigenvalue weighted by Gasteiger charge is 2.22. The molecular formula is C14H16FN3O2. The van der Waals surface area contributed by atoms with E-state index in [1.165, 1.54) is 12.1 Å². The molecule has 6 heteroatoms. The lowest BCUT2D eigenvalue weighted by Gasteiger charge is -2.10. The van der Waals surface area contributed by atoms with Gasteiger partial charge in [0.15, 0.2) is 0 Å². The average Bonchev–Trinajstić information content (AvgIpc) is 2.76. The number of amides is 1. The van der Waals surface area contributed by atoms with E-state index in [1.54, 1.807) is 12.1 Å². The second kappa shape index (κ2) is 5.40. The maximum Gasteiger partial charge on any atom is 0.322 e. The number of aromatic nitrogens is 2. The zero-order valence-corrected chi connectivity index (χ0v) is 11.6. The van der Waals surface area contributed by atoms with Crippen molar-refractivity contribution >= 4 is 11.9 Å². The first kappa shape index (κ1) is 14.2. The molecule has 0 spiro atoms. The van der Waals surface area contributed by atoms with Gasteiger partial charge in [-0.15, -0.1) is 5.10 Å². The summed E-state index contributed by atoms with van der Waals surface area (Å²) in [5, 5.41) is 10.1. The molecule has 20 heavy (non-hydrogen) atoms. The van der Waals surface area contributed by atoms with Crippen molar-refractivity contribution in [2.24, 2.45) is 0 Å². The van der Waals surface area contributed by atoms with Crippen LogP contribution in [0, 0.1) is 5.82 Å². The number of carbonyl (C=O) groups excluding carboxylic acids is 1. The minimum absolute atomic E-state index is 0.0466. The molecule has 1 N–H and O–H groups in total. The highest BCUT2D eigenvalue weighted by atomic mass is 19.1. The zero-order valence-electron chi connectivity index (χ0n) is 11.6. The minimum Gasteiger partial charge on any atom is -0.407 e. The van der Waals surface area contributed by atoms with Crippen molar-refractivity contribution in [3.05, 3.63) is 41.5 Å². The fraction of sp³-hybridized carbons (Fsp3) is 0.357. The summed E-state index contributed by atoms with van der Waals surface area (Å²) in [6.07, 6.45) is 0.0466. The number of nitrogens with one attached hydrogen (secondary N) is 1. The van der Waals surface area contributed by atoms with Gasteiger partial charge in [0.2, 0.25) is 11.8 Å². The fourth-order valence-electron chi connectivity index (χ4n) is 1.57. The van der Waals surface area contributed by atoms with E-state index in [2.05, 4.69) is 15.5 Å². The first-order valence-corrected chi connectivity index (χ1v) is 6.23. The maximum atomic E-state index is 13.0. The van der Waals surface area contributed by atoms with E-state index >= 15 is 0 Å². The Morgan fingerprint density at radius 2 is 2.10 bits per heavy atom. The molecule has 0 atom stereocenters. The van der Waals surface area contributed by atoms with E-state index in [0.717, 1.165) is 0 Å². The monoisotopic (exact) mass is 277 g/mol. The fourth-order valence-corrected chi connectivity index (χ4v) is 1.57. The van der Waals surface area contributed by atoms with Gasteiger partial charge in [0.25, 0.3) is 0 Å². The Balaban J connectivity index is 2.00. The van der Waals surface area contributed by atoms with E-state index in [4.69, 9.17) is 4.42 Å². The molecule has 0 radical (unpaired) electrons. The lowest BCUT2D eigenvalue weighted by Crippen LogP contribution is -2.14. The van der Waals surface area contributed by atoms with Crippen LogP contribution in [0.2, 0.25) is 0 Å². The van der Waals surface area contributed by atoms with Crippen LogP contribution in [-0.4, -0.2) is 16.1 Å². The number of rotatable bonds is 3. The largest absolute Gasteiger partial charge is 0.407 e. The van der Waals surface area contributed by atoms with Crippen LogP contribution >= 0.6 is 0 Å². The molecule has 1 aromatic heterocycles. The van der Waals surface area contributed by atoms with Crippen LogP contribution < -0.4 is 5.32 Å². The van der Waals surface area contributed by atoms with Crippen molar-refractivity contribution in [2.75, 3.05) is 5.32 Å². The topological polar surface area (TPSA) is 68.0 Å². The van der Waals surface area contributed by atoms with Crippen LogP contribution in [0.4, 0.5) is 10.4 Å². The Morgan fingerprint density at radius 3 is 2.70 bits per heavy atom. The molecule has 1 aromatic carbocycles. The maximum absolute atomic E-state index is 13.0. The number of benzene rings is 1. The van der Waals surface area contributed by atoms with E-state index in [1.807, 2.05) is 20.8 Å². The first-order chi connectivity index (χ1) is 9.34. The molecule has 1 amide bonds. The summed E-state index contributed by atoms with van der Waals surface area (Å²) >= 11 is 0. The van der Waals surface area contributed by atoms with Crippen LogP contribution in [0.5, 0.6) is 0 Å². The quantitative estimate of drug-likeness (QED) is 0.936. The molecule has 1 heterocycles. The summed E-state index contributed by atoms with van der Waals surface area (Å²) in [7, 11) is 0. The zero-order chi connectivity index (χ0) is 14.8. The van der Waals surface area contributed by atoms with E-state index in [0.29, 0.717) is 11.5 Å². The molecule has 0 aliphatic heterocycles. The van der Waals surface area contributed by atoms with Gasteiger partial charge in [-0.05, 0) is 17.7 Å². The Hall–Kier alpha value is -2.24. The third-order valence-electron chi connectivity index (χ3n) is 2.57. The number of hydrogen-bond donors (Lipinski definition) is 1. The van der Waals surface area contributed by atoms with Crippen LogP contribution in [0.1, 0.15) is 32.2 Å². The second-order valence-electron chi connectivity index (χ2n) is 5.52. The van der Waals surface area contributed by atoms with Crippen LogP contribution in [0.15, 0.2) is 28.7 Å². The molecule has 0 unspecified atom stereocenters.